The van der Waals surface area contributed by atoms with Gasteiger partial charge in [-0.15, -0.1) is 12.4 Å². The van der Waals surface area contributed by atoms with E-state index in [1.54, 1.807) is 11.8 Å². The molecular weight excluding hydrogens is 325 g/mol. The van der Waals surface area contributed by atoms with E-state index in [-0.39, 0.29) is 43.2 Å². The first kappa shape index (κ1) is 18.9. The third kappa shape index (κ3) is 6.24. The van der Waals surface area contributed by atoms with E-state index in [0.717, 1.165) is 18.1 Å². The average molecular weight is 347 g/mol. The van der Waals surface area contributed by atoms with Gasteiger partial charge in [0.25, 0.3) is 0 Å². The fraction of sp³-hybridized carbons (Fsp3) is 0.923. The summed E-state index contributed by atoms with van der Waals surface area (Å²) in [5.41, 5.74) is 0. The molecule has 2 fully saturated rings. The zero-order valence-corrected chi connectivity index (χ0v) is 13.4. The van der Waals surface area contributed by atoms with Gasteiger partial charge in [0.2, 0.25) is 5.91 Å². The second kappa shape index (κ2) is 8.48. The molecule has 3 atom stereocenters. The van der Waals surface area contributed by atoms with Crippen molar-refractivity contribution >= 4 is 30.1 Å². The van der Waals surface area contributed by atoms with Gasteiger partial charge in [-0.1, -0.05) is 6.42 Å². The molecule has 1 heterocycles. The Bertz CT molecular complexity index is 338. The maximum atomic E-state index is 12.7. The normalized spacial score (nSPS) is 30.3. The maximum Gasteiger partial charge on any atom is 0.391 e. The summed E-state index contributed by atoms with van der Waals surface area (Å²) in [6.07, 6.45) is -2.36. The summed E-state index contributed by atoms with van der Waals surface area (Å²) in [6.45, 7) is 0.891. The number of carbonyl (C=O) groups is 1. The molecule has 1 saturated carbocycles. The predicted octanol–water partition coefficient (Wildman–Crippen LogP) is 2.74. The molecular formula is C13H22ClF3N2OS. The molecule has 0 bridgehead atoms. The maximum absolute atomic E-state index is 12.7. The summed E-state index contributed by atoms with van der Waals surface area (Å²) in [6, 6.07) is -0.171. The number of alkyl halides is 3. The van der Waals surface area contributed by atoms with Gasteiger partial charge < -0.3 is 10.6 Å². The number of halogens is 4. The van der Waals surface area contributed by atoms with Crippen LogP contribution in [0.2, 0.25) is 0 Å². The first-order valence-corrected chi connectivity index (χ1v) is 8.28. The van der Waals surface area contributed by atoms with Gasteiger partial charge >= 0.3 is 6.18 Å². The Hall–Kier alpha value is -0.140. The zero-order valence-electron chi connectivity index (χ0n) is 11.7. The largest absolute Gasteiger partial charge is 0.391 e. The smallest absolute Gasteiger partial charge is 0.353 e. The van der Waals surface area contributed by atoms with E-state index < -0.39 is 12.1 Å². The average Bonchev–Trinajstić information content (AvgIpc) is 2.39. The standard InChI is InChI=1S/C13H21F3N2OS.ClH/c14-13(15,16)9-2-1-3-10(6-9)18-12(19)7-11-8-20-5-4-17-11;/h9-11,17H,1-8H2,(H,18,19);1H. The van der Waals surface area contributed by atoms with Crippen molar-refractivity contribution in [1.82, 2.24) is 10.6 Å². The number of rotatable bonds is 3. The van der Waals surface area contributed by atoms with E-state index in [4.69, 9.17) is 0 Å². The molecule has 1 amide bonds. The zero-order chi connectivity index (χ0) is 14.6. The molecule has 124 valence electrons. The SMILES string of the molecule is Cl.O=C(CC1CSCCN1)NC1CCCC(C(F)(F)F)C1. The lowest BCUT2D eigenvalue weighted by atomic mass is 9.85. The van der Waals surface area contributed by atoms with Crippen LogP contribution in [0.3, 0.4) is 0 Å². The molecule has 0 radical (unpaired) electrons. The monoisotopic (exact) mass is 346 g/mol. The van der Waals surface area contributed by atoms with Crippen molar-refractivity contribution in [3.05, 3.63) is 0 Å². The Labute approximate surface area is 133 Å². The molecule has 0 aromatic rings. The van der Waals surface area contributed by atoms with Gasteiger partial charge in [0.1, 0.15) is 0 Å². The minimum absolute atomic E-state index is 0. The van der Waals surface area contributed by atoms with Gasteiger partial charge in [0.05, 0.1) is 5.92 Å². The van der Waals surface area contributed by atoms with Gasteiger partial charge in [-0.25, -0.2) is 0 Å². The van der Waals surface area contributed by atoms with Gasteiger partial charge in [-0.2, -0.15) is 24.9 Å². The van der Waals surface area contributed by atoms with Crippen LogP contribution in [0.25, 0.3) is 0 Å². The molecule has 1 aliphatic heterocycles. The molecule has 2 N–H and O–H groups in total. The number of amides is 1. The van der Waals surface area contributed by atoms with Crippen molar-refractivity contribution in [3.63, 3.8) is 0 Å². The Morgan fingerprint density at radius 3 is 2.71 bits per heavy atom. The van der Waals surface area contributed by atoms with Gasteiger partial charge in [-0.3, -0.25) is 4.79 Å². The summed E-state index contributed by atoms with van der Waals surface area (Å²) in [5.74, 6) is 0.555. The molecule has 1 saturated heterocycles. The first-order valence-electron chi connectivity index (χ1n) is 7.12. The van der Waals surface area contributed by atoms with E-state index in [2.05, 4.69) is 10.6 Å². The van der Waals surface area contributed by atoms with Crippen LogP contribution in [0.4, 0.5) is 13.2 Å². The van der Waals surface area contributed by atoms with E-state index in [1.807, 2.05) is 0 Å². The Morgan fingerprint density at radius 2 is 2.10 bits per heavy atom. The molecule has 2 aliphatic rings. The van der Waals surface area contributed by atoms with Crippen LogP contribution in [0, 0.1) is 5.92 Å². The van der Waals surface area contributed by atoms with Crippen LogP contribution in [-0.4, -0.2) is 42.2 Å². The topological polar surface area (TPSA) is 41.1 Å². The molecule has 21 heavy (non-hydrogen) atoms. The van der Waals surface area contributed by atoms with Gasteiger partial charge in [0, 0.05) is 36.6 Å². The summed E-state index contributed by atoms with van der Waals surface area (Å²) < 4.78 is 38.1. The highest BCUT2D eigenvalue weighted by Crippen LogP contribution is 2.37. The summed E-state index contributed by atoms with van der Waals surface area (Å²) >= 11 is 1.80. The molecule has 3 nitrogen and oxygen atoms in total. The summed E-state index contributed by atoms with van der Waals surface area (Å²) in [4.78, 5) is 11.9. The van der Waals surface area contributed by atoms with Gasteiger partial charge in [-0.05, 0) is 19.3 Å². The molecule has 0 aromatic heterocycles. The van der Waals surface area contributed by atoms with Crippen molar-refractivity contribution < 1.29 is 18.0 Å². The molecule has 0 spiro atoms. The van der Waals surface area contributed by atoms with E-state index in [1.165, 1.54) is 0 Å². The number of thioether (sulfide) groups is 1. The van der Waals surface area contributed by atoms with Gasteiger partial charge in [0.15, 0.2) is 0 Å². The molecule has 2 rings (SSSR count). The number of hydrogen-bond donors (Lipinski definition) is 2. The lowest BCUT2D eigenvalue weighted by molar-refractivity contribution is -0.184. The summed E-state index contributed by atoms with van der Waals surface area (Å²) in [7, 11) is 0. The van der Waals surface area contributed by atoms with E-state index >= 15 is 0 Å². The molecule has 8 heteroatoms. The van der Waals surface area contributed by atoms with Crippen LogP contribution in [-0.2, 0) is 4.79 Å². The van der Waals surface area contributed by atoms with Crippen LogP contribution >= 0.6 is 24.2 Å². The first-order chi connectivity index (χ1) is 9.45. The van der Waals surface area contributed by atoms with Crippen molar-refractivity contribution in [1.29, 1.82) is 0 Å². The molecule has 1 aliphatic carbocycles. The lowest BCUT2D eigenvalue weighted by Crippen LogP contribution is -2.45. The van der Waals surface area contributed by atoms with E-state index in [0.29, 0.717) is 19.3 Å². The molecule has 3 unspecified atom stereocenters. The van der Waals surface area contributed by atoms with Crippen LogP contribution in [0.5, 0.6) is 0 Å². The fourth-order valence-electron chi connectivity index (χ4n) is 2.88. The number of nitrogens with one attached hydrogen (secondary N) is 2. The Balaban J connectivity index is 0.00000220. The lowest BCUT2D eigenvalue weighted by Gasteiger charge is -2.31. The highest BCUT2D eigenvalue weighted by molar-refractivity contribution is 7.99. The minimum atomic E-state index is -4.13. The second-order valence-corrected chi connectivity index (χ2v) is 6.75. The van der Waals surface area contributed by atoms with Crippen LogP contribution < -0.4 is 10.6 Å². The van der Waals surface area contributed by atoms with Crippen LogP contribution in [0.1, 0.15) is 32.1 Å². The number of hydrogen-bond acceptors (Lipinski definition) is 3. The Morgan fingerprint density at radius 1 is 1.33 bits per heavy atom. The van der Waals surface area contributed by atoms with Crippen molar-refractivity contribution in [2.24, 2.45) is 5.92 Å². The molecule has 0 aromatic carbocycles. The van der Waals surface area contributed by atoms with Crippen molar-refractivity contribution in [3.8, 4) is 0 Å². The fourth-order valence-corrected chi connectivity index (χ4v) is 3.83. The quantitative estimate of drug-likeness (QED) is 0.825. The number of carbonyl (C=O) groups excluding carboxylic acids is 1. The Kier molecular flexibility index (Phi) is 7.64. The van der Waals surface area contributed by atoms with Crippen molar-refractivity contribution in [2.75, 3.05) is 18.1 Å². The third-order valence-corrected chi connectivity index (χ3v) is 5.06. The third-order valence-electron chi connectivity index (χ3n) is 3.93. The van der Waals surface area contributed by atoms with Crippen molar-refractivity contribution in [2.45, 2.75) is 50.4 Å². The highest BCUT2D eigenvalue weighted by Gasteiger charge is 2.42. The highest BCUT2D eigenvalue weighted by atomic mass is 35.5. The minimum Gasteiger partial charge on any atom is -0.353 e. The second-order valence-electron chi connectivity index (χ2n) is 5.60. The predicted molar refractivity (Wildman–Crippen MR) is 80.9 cm³/mol. The van der Waals surface area contributed by atoms with E-state index in [9.17, 15) is 18.0 Å². The van der Waals surface area contributed by atoms with Crippen LogP contribution in [0.15, 0.2) is 0 Å². The summed E-state index contributed by atoms with van der Waals surface area (Å²) in [5, 5.41) is 6.04.